The average Bonchev–Trinajstić information content (AvgIpc) is 3.30. The van der Waals surface area contributed by atoms with Crippen molar-refractivity contribution in [1.82, 2.24) is 4.98 Å². The molecule has 1 saturated carbocycles. The fourth-order valence-corrected chi connectivity index (χ4v) is 6.81. The van der Waals surface area contributed by atoms with Gasteiger partial charge in [-0.05, 0) is 47.6 Å². The van der Waals surface area contributed by atoms with Crippen LogP contribution in [0, 0.1) is 11.8 Å². The first kappa shape index (κ1) is 21.7. The Morgan fingerprint density at radius 2 is 1.66 bits per heavy atom. The molecule has 5 rings (SSSR count). The van der Waals surface area contributed by atoms with Crippen molar-refractivity contribution in [2.45, 2.75) is 62.0 Å². The van der Waals surface area contributed by atoms with Crippen molar-refractivity contribution in [2.75, 3.05) is 4.90 Å². The zero-order chi connectivity index (χ0) is 22.5. The molecule has 1 aliphatic heterocycles. The number of thioether (sulfide) groups is 1. The molecule has 0 bridgehead atoms. The molecule has 1 aromatic heterocycles. The lowest BCUT2D eigenvalue weighted by Gasteiger charge is -2.19. The van der Waals surface area contributed by atoms with Gasteiger partial charge in [0.25, 0.3) is 0 Å². The number of carbonyl (C=O) groups excluding carboxylic acids is 2. The van der Waals surface area contributed by atoms with E-state index in [1.165, 1.54) is 16.0 Å². The Hall–Kier alpha value is -2.18. The molecule has 2 atom stereocenters. The Morgan fingerprint density at radius 3 is 2.28 bits per heavy atom. The van der Waals surface area contributed by atoms with Crippen molar-refractivity contribution < 1.29 is 9.59 Å². The van der Waals surface area contributed by atoms with Crippen molar-refractivity contribution >= 4 is 50.8 Å². The van der Waals surface area contributed by atoms with E-state index < -0.39 is 0 Å². The molecule has 1 saturated heterocycles. The van der Waals surface area contributed by atoms with Crippen molar-refractivity contribution in [3.8, 4) is 0 Å². The Kier molecular flexibility index (Phi) is 5.62. The van der Waals surface area contributed by atoms with Crippen molar-refractivity contribution in [1.29, 1.82) is 0 Å². The first-order chi connectivity index (χ1) is 15.3. The summed E-state index contributed by atoms with van der Waals surface area (Å²) in [5.41, 5.74) is 4.39. The Balaban J connectivity index is 1.32. The van der Waals surface area contributed by atoms with E-state index in [2.05, 4.69) is 45.0 Å². The summed E-state index contributed by atoms with van der Waals surface area (Å²) in [6.07, 6.45) is 3.76. The lowest BCUT2D eigenvalue weighted by Crippen LogP contribution is -2.30. The maximum atomic E-state index is 12.9. The number of imide groups is 1. The van der Waals surface area contributed by atoms with Gasteiger partial charge in [-0.2, -0.15) is 0 Å². The zero-order valence-electron chi connectivity index (χ0n) is 18.8. The molecule has 2 fully saturated rings. The number of anilines is 1. The molecule has 0 N–H and O–H groups in total. The van der Waals surface area contributed by atoms with E-state index in [9.17, 15) is 9.59 Å². The van der Waals surface area contributed by atoms with Crippen LogP contribution in [-0.2, 0) is 20.8 Å². The summed E-state index contributed by atoms with van der Waals surface area (Å²) >= 11 is 3.36. The first-order valence-electron chi connectivity index (χ1n) is 11.3. The lowest BCUT2D eigenvalue weighted by molar-refractivity contribution is -0.122. The first-order valence-corrected chi connectivity index (χ1v) is 13.1. The number of thiazole rings is 1. The third-order valence-electron chi connectivity index (χ3n) is 6.63. The highest BCUT2D eigenvalue weighted by Crippen LogP contribution is 2.41. The largest absolute Gasteiger partial charge is 0.274 e. The number of hydrogen-bond donors (Lipinski definition) is 0. The predicted molar refractivity (Wildman–Crippen MR) is 132 cm³/mol. The summed E-state index contributed by atoms with van der Waals surface area (Å²) in [5.74, 6) is 0.589. The monoisotopic (exact) mass is 464 g/mol. The molecular formula is C26H28N2O2S2. The number of fused-ring (bicyclic) bond motifs is 2. The van der Waals surface area contributed by atoms with Crippen molar-refractivity contribution in [3.05, 3.63) is 53.6 Å². The Bertz CT molecular complexity index is 1150. The van der Waals surface area contributed by atoms with Gasteiger partial charge in [-0.1, -0.05) is 69.6 Å². The molecule has 0 radical (unpaired) electrons. The second-order valence-electron chi connectivity index (χ2n) is 9.88. The van der Waals surface area contributed by atoms with Crippen LogP contribution in [0.4, 0.5) is 5.69 Å². The van der Waals surface area contributed by atoms with E-state index in [0.717, 1.165) is 46.0 Å². The molecule has 1 aliphatic carbocycles. The van der Waals surface area contributed by atoms with Crippen LogP contribution < -0.4 is 4.90 Å². The number of hydrogen-bond acceptors (Lipinski definition) is 5. The normalized spacial score (nSPS) is 21.4. The number of carbonyl (C=O) groups is 2. The molecule has 0 spiro atoms. The highest BCUT2D eigenvalue weighted by atomic mass is 32.2. The van der Waals surface area contributed by atoms with Crippen molar-refractivity contribution in [3.63, 3.8) is 0 Å². The van der Waals surface area contributed by atoms with Crippen LogP contribution in [0.25, 0.3) is 10.2 Å². The average molecular weight is 465 g/mol. The standard InChI is InChI=1S/C26H28N2O2S2/c1-26(2,3)17-10-8-16(9-11-17)15-31-25-27-21-13-12-18(14-22(21)32-25)28-23(29)19-6-4-5-7-20(19)24(28)30/h8-14,19-20H,4-7,15H2,1-3H3/t19-,20-/m0/s1. The number of aromatic nitrogens is 1. The van der Waals surface area contributed by atoms with Gasteiger partial charge in [-0.15, -0.1) is 11.3 Å². The smallest absolute Gasteiger partial charge is 0.237 e. The number of benzene rings is 2. The van der Waals surface area contributed by atoms with Crippen LogP contribution >= 0.6 is 23.1 Å². The minimum Gasteiger partial charge on any atom is -0.274 e. The maximum absolute atomic E-state index is 12.9. The van der Waals surface area contributed by atoms with Crippen LogP contribution in [-0.4, -0.2) is 16.8 Å². The maximum Gasteiger partial charge on any atom is 0.237 e. The van der Waals surface area contributed by atoms with Gasteiger partial charge in [-0.3, -0.25) is 14.5 Å². The molecule has 2 amide bonds. The summed E-state index contributed by atoms with van der Waals surface area (Å²) in [6, 6.07) is 14.6. The lowest BCUT2D eigenvalue weighted by atomic mass is 9.81. The highest BCUT2D eigenvalue weighted by Gasteiger charge is 2.48. The topological polar surface area (TPSA) is 50.3 Å². The quantitative estimate of drug-likeness (QED) is 0.324. The third-order valence-corrected chi connectivity index (χ3v) is 8.87. The van der Waals surface area contributed by atoms with Crippen LogP contribution in [0.5, 0.6) is 0 Å². The Morgan fingerprint density at radius 1 is 1.00 bits per heavy atom. The number of nitrogens with zero attached hydrogens (tertiary/aromatic N) is 2. The van der Waals surface area contributed by atoms with E-state index in [1.807, 2.05) is 18.2 Å². The fraction of sp³-hybridized carbons (Fsp3) is 0.423. The van der Waals surface area contributed by atoms with Gasteiger partial charge in [0.2, 0.25) is 11.8 Å². The van der Waals surface area contributed by atoms with Crippen LogP contribution in [0.3, 0.4) is 0 Å². The molecular weight excluding hydrogens is 436 g/mol. The molecule has 6 heteroatoms. The van der Waals surface area contributed by atoms with Gasteiger partial charge >= 0.3 is 0 Å². The van der Waals surface area contributed by atoms with Gasteiger partial charge in [0.05, 0.1) is 27.7 Å². The summed E-state index contributed by atoms with van der Waals surface area (Å²) in [5, 5.41) is 0. The van der Waals surface area contributed by atoms with Gasteiger partial charge in [0.15, 0.2) is 4.34 Å². The third kappa shape index (κ3) is 3.99. The zero-order valence-corrected chi connectivity index (χ0v) is 20.4. The minimum absolute atomic E-state index is 0.0168. The molecule has 32 heavy (non-hydrogen) atoms. The van der Waals surface area contributed by atoms with Crippen molar-refractivity contribution in [2.24, 2.45) is 11.8 Å². The molecule has 166 valence electrons. The van der Waals surface area contributed by atoms with Crippen LogP contribution in [0.2, 0.25) is 0 Å². The number of amides is 2. The van der Waals surface area contributed by atoms with E-state index in [-0.39, 0.29) is 29.1 Å². The van der Waals surface area contributed by atoms with Crippen LogP contribution in [0.15, 0.2) is 46.8 Å². The predicted octanol–water partition coefficient (Wildman–Crippen LogP) is 6.57. The minimum atomic E-state index is -0.121. The van der Waals surface area contributed by atoms with Crippen LogP contribution in [0.1, 0.15) is 57.6 Å². The second-order valence-corrected chi connectivity index (χ2v) is 12.1. The molecule has 0 unspecified atom stereocenters. The molecule has 2 aliphatic rings. The molecule has 2 heterocycles. The second kappa shape index (κ2) is 8.31. The summed E-state index contributed by atoms with van der Waals surface area (Å²) in [6.45, 7) is 6.68. The van der Waals surface area contributed by atoms with E-state index in [0.29, 0.717) is 5.69 Å². The Labute approximate surface area is 197 Å². The fourth-order valence-electron chi connectivity index (χ4n) is 4.76. The highest BCUT2D eigenvalue weighted by molar-refractivity contribution is 8.00. The van der Waals surface area contributed by atoms with E-state index in [1.54, 1.807) is 23.1 Å². The van der Waals surface area contributed by atoms with Gasteiger partial charge in [0.1, 0.15) is 0 Å². The van der Waals surface area contributed by atoms with E-state index >= 15 is 0 Å². The molecule has 3 aromatic rings. The summed E-state index contributed by atoms with van der Waals surface area (Å²) < 4.78 is 2.02. The SMILES string of the molecule is CC(C)(C)c1ccc(CSc2nc3ccc(N4C(=O)[C@H]5CCCC[C@@H]5C4=O)cc3s2)cc1. The van der Waals surface area contributed by atoms with Gasteiger partial charge < -0.3 is 0 Å². The molecule has 2 aromatic carbocycles. The summed E-state index contributed by atoms with van der Waals surface area (Å²) in [7, 11) is 0. The number of rotatable bonds is 4. The summed E-state index contributed by atoms with van der Waals surface area (Å²) in [4.78, 5) is 32.0. The van der Waals surface area contributed by atoms with Gasteiger partial charge in [0, 0.05) is 5.75 Å². The van der Waals surface area contributed by atoms with Gasteiger partial charge in [-0.25, -0.2) is 4.98 Å². The molecule has 4 nitrogen and oxygen atoms in total. The van der Waals surface area contributed by atoms with E-state index in [4.69, 9.17) is 4.98 Å².